The third kappa shape index (κ3) is 3.53. The van der Waals surface area contributed by atoms with Gasteiger partial charge in [-0.05, 0) is 24.2 Å². The number of thioether (sulfide) groups is 1. The van der Waals surface area contributed by atoms with E-state index in [0.717, 1.165) is 11.7 Å². The van der Waals surface area contributed by atoms with Crippen LogP contribution in [0.2, 0.25) is 0 Å². The lowest BCUT2D eigenvalue weighted by Gasteiger charge is -2.30. The minimum Gasteiger partial charge on any atom is -0.511 e. The maximum atomic E-state index is 12.1. The van der Waals surface area contributed by atoms with E-state index in [2.05, 4.69) is 0 Å². The fourth-order valence-corrected chi connectivity index (χ4v) is 4.20. The van der Waals surface area contributed by atoms with Crippen molar-refractivity contribution in [2.24, 2.45) is 11.3 Å². The largest absolute Gasteiger partial charge is 0.511 e. The van der Waals surface area contributed by atoms with Crippen LogP contribution in [0.4, 0.5) is 0 Å². The Morgan fingerprint density at radius 2 is 1.89 bits per heavy atom. The zero-order valence-corrected chi connectivity index (χ0v) is 12.3. The van der Waals surface area contributed by atoms with Crippen LogP contribution >= 0.6 is 11.8 Å². The average Bonchev–Trinajstić information content (AvgIpc) is 2.27. The topological polar surface area (TPSA) is 37.3 Å². The Morgan fingerprint density at radius 1 is 1.22 bits per heavy atom. The molecule has 0 aromatic carbocycles. The van der Waals surface area contributed by atoms with E-state index in [9.17, 15) is 9.90 Å². The molecule has 2 rings (SSSR count). The van der Waals surface area contributed by atoms with Gasteiger partial charge in [-0.1, -0.05) is 33.1 Å². The first-order chi connectivity index (χ1) is 8.48. The number of carbonyl (C=O) groups is 1. The Bertz CT molecular complexity index is 352. The molecule has 0 aromatic heterocycles. The van der Waals surface area contributed by atoms with Crippen LogP contribution in [0.25, 0.3) is 0 Å². The minimum atomic E-state index is -0.0733. The van der Waals surface area contributed by atoms with Gasteiger partial charge in [-0.25, -0.2) is 0 Å². The van der Waals surface area contributed by atoms with E-state index in [4.69, 9.17) is 0 Å². The minimum absolute atomic E-state index is 0.0733. The molecule has 0 heterocycles. The van der Waals surface area contributed by atoms with Gasteiger partial charge in [0.25, 0.3) is 0 Å². The molecule has 0 aliphatic heterocycles. The standard InChI is InChI=1S/C15H24O2S/c1-15(2)8-12(16)14(13(17)9-15)18-10-11-6-4-3-5-7-11/h11,16H,3-10H2,1-2H3. The number of aliphatic hydroxyl groups is 1. The molecule has 1 saturated carbocycles. The SMILES string of the molecule is CC1(C)CC(=O)C(SCC2CCCCC2)=C(O)C1. The number of hydrogen-bond donors (Lipinski definition) is 1. The maximum Gasteiger partial charge on any atom is 0.173 e. The van der Waals surface area contributed by atoms with Crippen molar-refractivity contribution in [2.45, 2.75) is 58.8 Å². The number of Topliss-reactive ketones (excluding diaryl/α,β-unsaturated/α-hetero) is 1. The van der Waals surface area contributed by atoms with E-state index in [1.807, 2.05) is 13.8 Å². The van der Waals surface area contributed by atoms with E-state index in [1.165, 1.54) is 32.1 Å². The number of allylic oxidation sites excluding steroid dienone is 2. The zero-order valence-electron chi connectivity index (χ0n) is 11.5. The predicted molar refractivity (Wildman–Crippen MR) is 76.7 cm³/mol. The Labute approximate surface area is 114 Å². The number of ketones is 1. The van der Waals surface area contributed by atoms with E-state index in [1.54, 1.807) is 11.8 Å². The van der Waals surface area contributed by atoms with Gasteiger partial charge in [0.1, 0.15) is 5.76 Å². The van der Waals surface area contributed by atoms with Crippen LogP contribution in [0, 0.1) is 11.3 Å². The quantitative estimate of drug-likeness (QED) is 0.821. The van der Waals surface area contributed by atoms with Crippen LogP contribution in [0.5, 0.6) is 0 Å². The third-order valence-electron chi connectivity index (χ3n) is 3.99. The summed E-state index contributed by atoms with van der Waals surface area (Å²) in [5, 5.41) is 10.0. The molecule has 0 unspecified atom stereocenters. The maximum absolute atomic E-state index is 12.1. The zero-order chi connectivity index (χ0) is 13.2. The summed E-state index contributed by atoms with van der Waals surface area (Å²) in [6.45, 7) is 4.09. The normalized spacial score (nSPS) is 25.6. The van der Waals surface area contributed by atoms with E-state index < -0.39 is 0 Å². The predicted octanol–water partition coefficient (Wildman–Crippen LogP) is 4.46. The molecular weight excluding hydrogens is 244 g/mol. The lowest BCUT2D eigenvalue weighted by molar-refractivity contribution is -0.117. The summed E-state index contributed by atoms with van der Waals surface area (Å²) >= 11 is 1.60. The molecule has 102 valence electrons. The van der Waals surface area contributed by atoms with Crippen LogP contribution in [0.3, 0.4) is 0 Å². The molecule has 0 radical (unpaired) electrons. The van der Waals surface area contributed by atoms with Gasteiger partial charge in [0, 0.05) is 18.6 Å². The lowest BCUT2D eigenvalue weighted by Crippen LogP contribution is -2.25. The first-order valence-corrected chi connectivity index (χ1v) is 8.05. The van der Waals surface area contributed by atoms with Crippen LogP contribution in [-0.2, 0) is 4.79 Å². The first kappa shape index (κ1) is 14.0. The molecular formula is C15H24O2S. The van der Waals surface area contributed by atoms with Gasteiger partial charge in [0.15, 0.2) is 5.78 Å². The summed E-state index contributed by atoms with van der Waals surface area (Å²) < 4.78 is 0. The van der Waals surface area contributed by atoms with Crippen LogP contribution < -0.4 is 0 Å². The van der Waals surface area contributed by atoms with Crippen molar-refractivity contribution in [1.82, 2.24) is 0 Å². The van der Waals surface area contributed by atoms with E-state index in [0.29, 0.717) is 23.5 Å². The summed E-state index contributed by atoms with van der Waals surface area (Å²) in [6, 6.07) is 0. The summed E-state index contributed by atoms with van der Waals surface area (Å²) in [4.78, 5) is 12.7. The molecule has 3 heteroatoms. The molecule has 0 atom stereocenters. The molecule has 2 aliphatic carbocycles. The molecule has 1 fully saturated rings. The van der Waals surface area contributed by atoms with Crippen molar-refractivity contribution < 1.29 is 9.90 Å². The van der Waals surface area contributed by atoms with E-state index in [-0.39, 0.29) is 11.2 Å². The Balaban J connectivity index is 1.93. The lowest BCUT2D eigenvalue weighted by atomic mass is 9.79. The summed E-state index contributed by atoms with van der Waals surface area (Å²) in [6.07, 6.45) is 7.83. The highest BCUT2D eigenvalue weighted by atomic mass is 32.2. The molecule has 0 spiro atoms. The van der Waals surface area contributed by atoms with E-state index >= 15 is 0 Å². The van der Waals surface area contributed by atoms with Crippen molar-refractivity contribution in [2.75, 3.05) is 5.75 Å². The van der Waals surface area contributed by atoms with Crippen LogP contribution in [-0.4, -0.2) is 16.6 Å². The molecule has 1 N–H and O–H groups in total. The van der Waals surface area contributed by atoms with Gasteiger partial charge in [0.2, 0.25) is 0 Å². The van der Waals surface area contributed by atoms with Gasteiger partial charge in [-0.15, -0.1) is 11.8 Å². The highest BCUT2D eigenvalue weighted by Gasteiger charge is 2.33. The summed E-state index contributed by atoms with van der Waals surface area (Å²) in [5.74, 6) is 2.22. The monoisotopic (exact) mass is 268 g/mol. The molecule has 18 heavy (non-hydrogen) atoms. The van der Waals surface area contributed by atoms with Crippen LogP contribution in [0.15, 0.2) is 10.7 Å². The second kappa shape index (κ2) is 5.68. The van der Waals surface area contributed by atoms with Crippen molar-refractivity contribution in [3.63, 3.8) is 0 Å². The second-order valence-corrected chi connectivity index (χ2v) is 7.56. The fraction of sp³-hybridized carbons (Fsp3) is 0.800. The molecule has 0 bridgehead atoms. The number of aliphatic hydroxyl groups excluding tert-OH is 1. The molecule has 0 amide bonds. The van der Waals surface area contributed by atoms with Crippen molar-refractivity contribution in [1.29, 1.82) is 0 Å². The molecule has 0 saturated heterocycles. The van der Waals surface area contributed by atoms with Gasteiger partial charge < -0.3 is 5.11 Å². The van der Waals surface area contributed by atoms with Crippen molar-refractivity contribution >= 4 is 17.5 Å². The molecule has 0 aromatic rings. The van der Waals surface area contributed by atoms with Gasteiger partial charge >= 0.3 is 0 Å². The summed E-state index contributed by atoms with van der Waals surface area (Å²) in [7, 11) is 0. The summed E-state index contributed by atoms with van der Waals surface area (Å²) in [5.41, 5.74) is -0.0733. The third-order valence-corrected chi connectivity index (χ3v) is 5.38. The molecule has 2 aliphatic rings. The molecule has 2 nitrogen and oxygen atoms in total. The fourth-order valence-electron chi connectivity index (χ4n) is 2.99. The first-order valence-electron chi connectivity index (χ1n) is 7.06. The Kier molecular flexibility index (Phi) is 4.41. The Morgan fingerprint density at radius 3 is 2.50 bits per heavy atom. The van der Waals surface area contributed by atoms with Crippen molar-refractivity contribution in [3.05, 3.63) is 10.7 Å². The number of carbonyl (C=O) groups excluding carboxylic acids is 1. The van der Waals surface area contributed by atoms with Gasteiger partial charge in [-0.2, -0.15) is 0 Å². The Hall–Kier alpha value is -0.440. The van der Waals surface area contributed by atoms with Gasteiger partial charge in [0.05, 0.1) is 4.91 Å². The smallest absolute Gasteiger partial charge is 0.173 e. The number of rotatable bonds is 3. The van der Waals surface area contributed by atoms with Crippen LogP contribution in [0.1, 0.15) is 58.8 Å². The second-order valence-electron chi connectivity index (χ2n) is 6.53. The average molecular weight is 268 g/mol. The number of hydrogen-bond acceptors (Lipinski definition) is 3. The van der Waals surface area contributed by atoms with Gasteiger partial charge in [-0.3, -0.25) is 4.79 Å². The highest BCUT2D eigenvalue weighted by molar-refractivity contribution is 8.04. The highest BCUT2D eigenvalue weighted by Crippen LogP contribution is 2.40. The van der Waals surface area contributed by atoms with Crippen molar-refractivity contribution in [3.8, 4) is 0 Å².